The van der Waals surface area contributed by atoms with Crippen LogP contribution < -0.4 is 10.5 Å². The van der Waals surface area contributed by atoms with Crippen molar-refractivity contribution in [1.82, 2.24) is 24.5 Å². The van der Waals surface area contributed by atoms with Gasteiger partial charge in [-0.25, -0.2) is 14.4 Å². The summed E-state index contributed by atoms with van der Waals surface area (Å²) in [6.45, 7) is 7.32. The average molecular weight is 459 g/mol. The number of halogens is 1. The Hall–Kier alpha value is -3.68. The second-order valence-electron chi connectivity index (χ2n) is 8.94. The molecule has 0 N–H and O–H groups in total. The Morgan fingerprint density at radius 3 is 2.56 bits per heavy atom. The summed E-state index contributed by atoms with van der Waals surface area (Å²) in [6, 6.07) is 7.11. The Balaban J connectivity index is 1.51. The molecule has 0 atom stereocenters. The molecule has 0 aliphatic carbocycles. The number of hydrogen-bond donors (Lipinski definition) is 0. The molecule has 1 aromatic carbocycles. The fourth-order valence-electron chi connectivity index (χ4n) is 4.88. The van der Waals surface area contributed by atoms with Gasteiger partial charge < -0.3 is 4.90 Å². The van der Waals surface area contributed by atoms with Crippen LogP contribution in [0.1, 0.15) is 47.1 Å². The summed E-state index contributed by atoms with van der Waals surface area (Å²) in [5, 5.41) is 0.828. The van der Waals surface area contributed by atoms with Crippen LogP contribution >= 0.6 is 0 Å². The van der Waals surface area contributed by atoms with Gasteiger partial charge >= 0.3 is 0 Å². The summed E-state index contributed by atoms with van der Waals surface area (Å²) < 4.78 is 16.2. The van der Waals surface area contributed by atoms with Gasteiger partial charge in [0.2, 0.25) is 0 Å². The van der Waals surface area contributed by atoms with E-state index in [2.05, 4.69) is 24.8 Å². The molecule has 0 unspecified atom stereocenters. The number of fused-ring (bicyclic) bond motifs is 1. The molecule has 3 aromatic heterocycles. The van der Waals surface area contributed by atoms with Crippen molar-refractivity contribution in [2.45, 2.75) is 46.1 Å². The fraction of sp³-hybridized carbons (Fsp3) is 0.346. The van der Waals surface area contributed by atoms with Gasteiger partial charge in [-0.3, -0.25) is 19.3 Å². The van der Waals surface area contributed by atoms with Gasteiger partial charge in [0.15, 0.2) is 0 Å². The monoisotopic (exact) mass is 458 g/mol. The molecular weight excluding hydrogens is 431 g/mol. The Morgan fingerprint density at radius 1 is 1.06 bits per heavy atom. The number of anilines is 1. The molecule has 4 heterocycles. The van der Waals surface area contributed by atoms with Crippen LogP contribution in [0.2, 0.25) is 0 Å². The van der Waals surface area contributed by atoms with E-state index >= 15 is 0 Å². The lowest BCUT2D eigenvalue weighted by molar-refractivity contribution is 0.491. The Labute approximate surface area is 197 Å². The molecule has 7 nitrogen and oxygen atoms in total. The number of pyridine rings is 1. The highest BCUT2D eigenvalue weighted by Gasteiger charge is 2.26. The number of aromatic nitrogens is 5. The van der Waals surface area contributed by atoms with Crippen molar-refractivity contribution in [2.24, 2.45) is 0 Å². The van der Waals surface area contributed by atoms with E-state index in [-0.39, 0.29) is 17.3 Å². The number of benzene rings is 1. The Kier molecular flexibility index (Phi) is 5.81. The number of para-hydroxylation sites is 1. The van der Waals surface area contributed by atoms with E-state index in [1.54, 1.807) is 29.2 Å². The number of rotatable bonds is 4. The summed E-state index contributed by atoms with van der Waals surface area (Å²) in [4.78, 5) is 33.5. The standard InChI is InChI=1S/C26H27FN6O/c1-16-5-4-6-22(27)24(16)32-11-7-19(8-12-32)21-13-20-14-30-18(3)31-25(20)33(26(21)34)15-23-17(2)28-9-10-29-23/h4-6,9-10,13-14,19H,7-8,11-12,15H2,1-3H3. The third-order valence-electron chi connectivity index (χ3n) is 6.71. The van der Waals surface area contributed by atoms with Gasteiger partial charge in [0.25, 0.3) is 5.56 Å². The van der Waals surface area contributed by atoms with Gasteiger partial charge in [-0.2, -0.15) is 0 Å². The van der Waals surface area contributed by atoms with Crippen molar-refractivity contribution in [1.29, 1.82) is 0 Å². The lowest BCUT2D eigenvalue weighted by Gasteiger charge is -2.34. The first kappa shape index (κ1) is 22.1. The van der Waals surface area contributed by atoms with E-state index < -0.39 is 0 Å². The lowest BCUT2D eigenvalue weighted by Crippen LogP contribution is -2.36. The SMILES string of the molecule is Cc1ncc2cc(C3CCN(c4c(C)cccc4F)CC3)c(=O)n(Cc3nccnc3C)c2n1. The third kappa shape index (κ3) is 4.04. The first-order valence-electron chi connectivity index (χ1n) is 11.6. The van der Waals surface area contributed by atoms with Crippen LogP contribution in [0.25, 0.3) is 11.0 Å². The van der Waals surface area contributed by atoms with Crippen molar-refractivity contribution >= 4 is 16.7 Å². The van der Waals surface area contributed by atoms with E-state index in [1.807, 2.05) is 32.9 Å². The normalized spacial score (nSPS) is 14.6. The number of hydrogen-bond acceptors (Lipinski definition) is 6. The predicted octanol–water partition coefficient (Wildman–Crippen LogP) is 4.08. The van der Waals surface area contributed by atoms with Crippen LogP contribution in [-0.2, 0) is 6.54 Å². The molecule has 4 aromatic rings. The van der Waals surface area contributed by atoms with Crippen molar-refractivity contribution in [3.63, 3.8) is 0 Å². The molecule has 1 aliphatic rings. The molecule has 1 saturated heterocycles. The second kappa shape index (κ2) is 8.93. The van der Waals surface area contributed by atoms with Crippen molar-refractivity contribution in [3.05, 3.63) is 87.4 Å². The fourth-order valence-corrected chi connectivity index (χ4v) is 4.88. The minimum absolute atomic E-state index is 0.0591. The summed E-state index contributed by atoms with van der Waals surface area (Å²) in [5.74, 6) is 0.493. The maximum atomic E-state index is 14.5. The topological polar surface area (TPSA) is 76.8 Å². The molecule has 0 saturated carbocycles. The quantitative estimate of drug-likeness (QED) is 0.459. The van der Waals surface area contributed by atoms with Gasteiger partial charge in [-0.1, -0.05) is 12.1 Å². The summed E-state index contributed by atoms with van der Waals surface area (Å²) in [5.41, 5.74) is 4.42. The minimum atomic E-state index is -0.196. The maximum Gasteiger partial charge on any atom is 0.256 e. The van der Waals surface area contributed by atoms with Crippen LogP contribution in [0.15, 0.2) is 47.7 Å². The zero-order valence-electron chi connectivity index (χ0n) is 19.6. The zero-order valence-corrected chi connectivity index (χ0v) is 19.6. The Bertz CT molecular complexity index is 1400. The van der Waals surface area contributed by atoms with E-state index in [1.165, 1.54) is 6.07 Å². The second-order valence-corrected chi connectivity index (χ2v) is 8.94. The Morgan fingerprint density at radius 2 is 1.82 bits per heavy atom. The smallest absolute Gasteiger partial charge is 0.256 e. The van der Waals surface area contributed by atoms with E-state index in [0.717, 1.165) is 40.7 Å². The largest absolute Gasteiger partial charge is 0.369 e. The van der Waals surface area contributed by atoms with Crippen molar-refractivity contribution in [3.8, 4) is 0 Å². The van der Waals surface area contributed by atoms with Crippen LogP contribution in [0, 0.1) is 26.6 Å². The molecule has 174 valence electrons. The van der Waals surface area contributed by atoms with Crippen LogP contribution in [0.4, 0.5) is 10.1 Å². The highest BCUT2D eigenvalue weighted by Crippen LogP contribution is 2.32. The number of aryl methyl sites for hydroxylation is 3. The summed E-state index contributed by atoms with van der Waals surface area (Å²) >= 11 is 0. The van der Waals surface area contributed by atoms with Gasteiger partial charge in [-0.05, 0) is 57.2 Å². The molecule has 0 radical (unpaired) electrons. The van der Waals surface area contributed by atoms with Crippen molar-refractivity contribution < 1.29 is 4.39 Å². The molecule has 0 bridgehead atoms. The molecule has 0 amide bonds. The summed E-state index contributed by atoms with van der Waals surface area (Å²) in [7, 11) is 0. The molecule has 0 spiro atoms. The minimum Gasteiger partial charge on any atom is -0.369 e. The third-order valence-corrected chi connectivity index (χ3v) is 6.71. The van der Waals surface area contributed by atoms with Gasteiger partial charge in [0.05, 0.1) is 23.6 Å². The van der Waals surface area contributed by atoms with Crippen LogP contribution in [0.3, 0.4) is 0 Å². The highest BCUT2D eigenvalue weighted by molar-refractivity contribution is 5.75. The average Bonchev–Trinajstić information content (AvgIpc) is 2.82. The molecule has 5 rings (SSSR count). The molecule has 34 heavy (non-hydrogen) atoms. The zero-order chi connectivity index (χ0) is 23.8. The van der Waals surface area contributed by atoms with Gasteiger partial charge in [-0.15, -0.1) is 0 Å². The van der Waals surface area contributed by atoms with E-state index in [4.69, 9.17) is 0 Å². The molecule has 8 heteroatoms. The van der Waals surface area contributed by atoms with Crippen molar-refractivity contribution in [2.75, 3.05) is 18.0 Å². The first-order valence-corrected chi connectivity index (χ1v) is 11.6. The number of nitrogens with zero attached hydrogens (tertiary/aromatic N) is 6. The lowest BCUT2D eigenvalue weighted by atomic mass is 9.89. The molecular formula is C26H27FN6O. The first-order chi connectivity index (χ1) is 16.4. The van der Waals surface area contributed by atoms with E-state index in [9.17, 15) is 9.18 Å². The van der Waals surface area contributed by atoms with Gasteiger partial charge in [0.1, 0.15) is 17.3 Å². The van der Waals surface area contributed by atoms with Gasteiger partial charge in [0, 0.05) is 42.6 Å². The van der Waals surface area contributed by atoms with Crippen LogP contribution in [-0.4, -0.2) is 37.6 Å². The highest BCUT2D eigenvalue weighted by atomic mass is 19.1. The molecule has 1 aliphatic heterocycles. The maximum absolute atomic E-state index is 14.5. The molecule has 1 fully saturated rings. The number of piperidine rings is 1. The van der Waals surface area contributed by atoms with E-state index in [0.29, 0.717) is 36.8 Å². The summed E-state index contributed by atoms with van der Waals surface area (Å²) in [6.07, 6.45) is 6.60. The predicted molar refractivity (Wildman–Crippen MR) is 130 cm³/mol. The van der Waals surface area contributed by atoms with Crippen LogP contribution in [0.5, 0.6) is 0 Å².